The summed E-state index contributed by atoms with van der Waals surface area (Å²) < 4.78 is 10.8. The monoisotopic (exact) mass is 379 g/mol. The molecule has 0 radical (unpaired) electrons. The molecule has 3 aromatic heterocycles. The minimum Gasteiger partial charge on any atom is -0.427 e. The van der Waals surface area contributed by atoms with Crippen LogP contribution in [0.25, 0.3) is 11.3 Å². The Morgan fingerprint density at radius 2 is 2.00 bits per heavy atom. The van der Waals surface area contributed by atoms with Gasteiger partial charge in [-0.15, -0.1) is 0 Å². The SMILES string of the molecule is Cc1cc(C2CCC2)oc(=O)c1C(=O)N(C)Cc1cc(-c2ccncc2)no1. The van der Waals surface area contributed by atoms with E-state index < -0.39 is 11.5 Å². The second-order valence-electron chi connectivity index (χ2n) is 7.20. The van der Waals surface area contributed by atoms with Gasteiger partial charge in [0.05, 0.1) is 6.54 Å². The highest BCUT2D eigenvalue weighted by atomic mass is 16.5. The van der Waals surface area contributed by atoms with Crippen LogP contribution in [-0.2, 0) is 6.54 Å². The molecule has 1 fully saturated rings. The van der Waals surface area contributed by atoms with Gasteiger partial charge in [0.15, 0.2) is 5.76 Å². The first-order valence-corrected chi connectivity index (χ1v) is 9.29. The topological polar surface area (TPSA) is 89.4 Å². The van der Waals surface area contributed by atoms with Crippen molar-refractivity contribution in [1.29, 1.82) is 0 Å². The van der Waals surface area contributed by atoms with Gasteiger partial charge in [0, 0.05) is 37.0 Å². The van der Waals surface area contributed by atoms with Crippen LogP contribution in [0.3, 0.4) is 0 Å². The quantitative estimate of drug-likeness (QED) is 0.674. The lowest BCUT2D eigenvalue weighted by atomic mass is 9.83. The number of amides is 1. The van der Waals surface area contributed by atoms with Crippen molar-refractivity contribution in [3.8, 4) is 11.3 Å². The average Bonchev–Trinajstić information content (AvgIpc) is 3.09. The molecule has 7 heteroatoms. The molecular weight excluding hydrogens is 358 g/mol. The number of hydrogen-bond acceptors (Lipinski definition) is 6. The normalized spacial score (nSPS) is 13.9. The Morgan fingerprint density at radius 3 is 2.64 bits per heavy atom. The van der Waals surface area contributed by atoms with Crippen LogP contribution in [0.5, 0.6) is 0 Å². The van der Waals surface area contributed by atoms with Crippen molar-refractivity contribution in [3.05, 3.63) is 69.7 Å². The Labute approximate surface area is 162 Å². The summed E-state index contributed by atoms with van der Waals surface area (Å²) in [7, 11) is 1.62. The molecule has 0 unspecified atom stereocenters. The van der Waals surface area contributed by atoms with Crippen molar-refractivity contribution in [2.24, 2.45) is 0 Å². The fraction of sp³-hybridized carbons (Fsp3) is 0.333. The zero-order valence-electron chi connectivity index (χ0n) is 15.8. The molecule has 1 aliphatic carbocycles. The lowest BCUT2D eigenvalue weighted by molar-refractivity contribution is 0.0766. The molecule has 144 valence electrons. The summed E-state index contributed by atoms with van der Waals surface area (Å²) in [6.07, 6.45) is 6.56. The van der Waals surface area contributed by atoms with E-state index in [-0.39, 0.29) is 12.1 Å². The summed E-state index contributed by atoms with van der Waals surface area (Å²) in [6, 6.07) is 7.25. The van der Waals surface area contributed by atoms with Crippen molar-refractivity contribution in [2.75, 3.05) is 7.05 Å². The van der Waals surface area contributed by atoms with Crippen LogP contribution in [-0.4, -0.2) is 28.0 Å². The average molecular weight is 379 g/mol. The Balaban J connectivity index is 1.51. The minimum atomic E-state index is -0.575. The number of carbonyl (C=O) groups excluding carboxylic acids is 1. The third-order valence-corrected chi connectivity index (χ3v) is 5.16. The molecule has 1 saturated carbocycles. The first-order chi connectivity index (χ1) is 13.5. The summed E-state index contributed by atoms with van der Waals surface area (Å²) in [4.78, 5) is 30.7. The van der Waals surface area contributed by atoms with Gasteiger partial charge in [-0.25, -0.2) is 4.79 Å². The molecule has 0 aromatic carbocycles. The molecule has 0 N–H and O–H groups in total. The van der Waals surface area contributed by atoms with Crippen molar-refractivity contribution in [3.63, 3.8) is 0 Å². The number of pyridine rings is 1. The number of nitrogens with zero attached hydrogens (tertiary/aromatic N) is 3. The van der Waals surface area contributed by atoms with Crippen molar-refractivity contribution < 1.29 is 13.7 Å². The Morgan fingerprint density at radius 1 is 1.25 bits per heavy atom. The fourth-order valence-electron chi connectivity index (χ4n) is 3.33. The lowest BCUT2D eigenvalue weighted by Crippen LogP contribution is -2.31. The highest BCUT2D eigenvalue weighted by molar-refractivity contribution is 5.94. The predicted octanol–water partition coefficient (Wildman–Crippen LogP) is 3.54. The molecule has 4 rings (SSSR count). The Hall–Kier alpha value is -3.22. The summed E-state index contributed by atoms with van der Waals surface area (Å²) in [5.41, 5.74) is 1.68. The molecule has 3 aromatic rings. The van der Waals surface area contributed by atoms with Gasteiger partial charge in [-0.1, -0.05) is 11.6 Å². The second kappa shape index (κ2) is 7.42. The maximum absolute atomic E-state index is 12.8. The van der Waals surface area contributed by atoms with Gasteiger partial charge in [0.1, 0.15) is 17.0 Å². The summed E-state index contributed by atoms with van der Waals surface area (Å²) >= 11 is 0. The van der Waals surface area contributed by atoms with E-state index in [2.05, 4.69) is 10.1 Å². The van der Waals surface area contributed by atoms with E-state index in [9.17, 15) is 9.59 Å². The highest BCUT2D eigenvalue weighted by Gasteiger charge is 2.26. The largest absolute Gasteiger partial charge is 0.427 e. The van der Waals surface area contributed by atoms with Crippen LogP contribution < -0.4 is 5.63 Å². The zero-order chi connectivity index (χ0) is 19.7. The number of rotatable bonds is 5. The maximum Gasteiger partial charge on any atom is 0.349 e. The molecule has 3 heterocycles. The maximum atomic E-state index is 12.8. The van der Waals surface area contributed by atoms with Crippen LogP contribution in [0.1, 0.15) is 52.6 Å². The van der Waals surface area contributed by atoms with E-state index in [0.29, 0.717) is 28.7 Å². The molecule has 0 saturated heterocycles. The van der Waals surface area contributed by atoms with Gasteiger partial charge >= 0.3 is 5.63 Å². The van der Waals surface area contributed by atoms with Gasteiger partial charge in [0.25, 0.3) is 5.91 Å². The molecule has 0 atom stereocenters. The number of carbonyl (C=O) groups is 1. The molecule has 1 amide bonds. The number of aromatic nitrogens is 2. The van der Waals surface area contributed by atoms with Gasteiger partial charge < -0.3 is 13.8 Å². The van der Waals surface area contributed by atoms with E-state index >= 15 is 0 Å². The molecule has 7 nitrogen and oxygen atoms in total. The van der Waals surface area contributed by atoms with Crippen LogP contribution in [0.2, 0.25) is 0 Å². The second-order valence-corrected chi connectivity index (χ2v) is 7.20. The van der Waals surface area contributed by atoms with Gasteiger partial charge in [-0.2, -0.15) is 0 Å². The van der Waals surface area contributed by atoms with Crippen LogP contribution >= 0.6 is 0 Å². The van der Waals surface area contributed by atoms with Crippen LogP contribution in [0, 0.1) is 6.92 Å². The van der Waals surface area contributed by atoms with Crippen LogP contribution in [0.4, 0.5) is 0 Å². The van der Waals surface area contributed by atoms with Gasteiger partial charge in [-0.05, 0) is 43.5 Å². The standard InChI is InChI=1S/C21H21N3O4/c1-13-10-18(15-4-3-5-15)27-21(26)19(13)20(25)24(2)12-16-11-17(23-28-16)14-6-8-22-9-7-14/h6-11,15H,3-5,12H2,1-2H3. The number of aryl methyl sites for hydroxylation is 1. The predicted molar refractivity (Wildman–Crippen MR) is 102 cm³/mol. The third-order valence-electron chi connectivity index (χ3n) is 5.16. The van der Waals surface area contributed by atoms with Crippen molar-refractivity contribution in [2.45, 2.75) is 38.6 Å². The van der Waals surface area contributed by atoms with Crippen molar-refractivity contribution in [1.82, 2.24) is 15.0 Å². The molecule has 0 bridgehead atoms. The smallest absolute Gasteiger partial charge is 0.349 e. The summed E-state index contributed by atoms with van der Waals surface area (Å²) in [5.74, 6) is 1.11. The molecule has 28 heavy (non-hydrogen) atoms. The van der Waals surface area contributed by atoms with Crippen molar-refractivity contribution >= 4 is 5.91 Å². The summed E-state index contributed by atoms with van der Waals surface area (Å²) in [5, 5.41) is 4.03. The van der Waals surface area contributed by atoms with E-state index in [0.717, 1.165) is 24.8 Å². The van der Waals surface area contributed by atoms with E-state index in [4.69, 9.17) is 8.94 Å². The Bertz CT molecular complexity index is 1050. The summed E-state index contributed by atoms with van der Waals surface area (Å²) in [6.45, 7) is 1.97. The third kappa shape index (κ3) is 3.47. The molecular formula is C21H21N3O4. The molecule has 0 aliphatic heterocycles. The van der Waals surface area contributed by atoms with E-state index in [1.165, 1.54) is 4.90 Å². The number of hydrogen-bond donors (Lipinski definition) is 0. The fourth-order valence-corrected chi connectivity index (χ4v) is 3.33. The first-order valence-electron chi connectivity index (χ1n) is 9.29. The van der Waals surface area contributed by atoms with Gasteiger partial charge in [0.2, 0.25) is 0 Å². The first kappa shape index (κ1) is 18.2. The van der Waals surface area contributed by atoms with Gasteiger partial charge in [-0.3, -0.25) is 9.78 Å². The zero-order valence-corrected chi connectivity index (χ0v) is 15.8. The highest BCUT2D eigenvalue weighted by Crippen LogP contribution is 2.36. The van der Waals surface area contributed by atoms with E-state index in [1.807, 2.05) is 18.2 Å². The molecule has 0 spiro atoms. The Kier molecular flexibility index (Phi) is 4.81. The minimum absolute atomic E-state index is 0.0689. The van der Waals surface area contributed by atoms with E-state index in [1.54, 1.807) is 32.4 Å². The molecule has 1 aliphatic rings. The van der Waals surface area contributed by atoms with Crippen LogP contribution in [0.15, 0.2) is 50.4 Å². The lowest BCUT2D eigenvalue weighted by Gasteiger charge is -2.24.